The molecule has 3 nitrogen and oxygen atoms in total. The summed E-state index contributed by atoms with van der Waals surface area (Å²) in [6.45, 7) is 7.38. The minimum absolute atomic E-state index is 0.0358. The number of rotatable bonds is 9. The number of ether oxygens (including phenoxy) is 1. The van der Waals surface area contributed by atoms with E-state index < -0.39 is 0 Å². The summed E-state index contributed by atoms with van der Waals surface area (Å²) in [7, 11) is 0. The summed E-state index contributed by atoms with van der Waals surface area (Å²) in [6, 6.07) is 0. The van der Waals surface area contributed by atoms with Crippen molar-refractivity contribution in [2.24, 2.45) is 0 Å². The van der Waals surface area contributed by atoms with E-state index in [1.54, 1.807) is 0 Å². The Bertz CT molecular complexity index is 154. The fourth-order valence-corrected chi connectivity index (χ4v) is 1.54. The standard InChI is InChI=1S/C12H25NO2/c1-4-7-12(8-5-2)15-10-6-9-13-11(3)14/h12H,4-10H2,1-3H3,(H,13,14). The molecular weight excluding hydrogens is 190 g/mol. The molecule has 0 heterocycles. The van der Waals surface area contributed by atoms with Crippen molar-refractivity contribution in [3.8, 4) is 0 Å². The molecule has 0 aromatic heterocycles. The van der Waals surface area contributed by atoms with E-state index in [4.69, 9.17) is 4.74 Å². The molecule has 0 fully saturated rings. The fourth-order valence-electron chi connectivity index (χ4n) is 1.54. The van der Waals surface area contributed by atoms with Crippen LogP contribution in [0.15, 0.2) is 0 Å². The van der Waals surface area contributed by atoms with Gasteiger partial charge in [0.25, 0.3) is 0 Å². The summed E-state index contributed by atoms with van der Waals surface area (Å²) in [4.78, 5) is 10.6. The smallest absolute Gasteiger partial charge is 0.216 e. The van der Waals surface area contributed by atoms with Crippen molar-refractivity contribution < 1.29 is 9.53 Å². The summed E-state index contributed by atoms with van der Waals surface area (Å²) in [6.07, 6.45) is 5.97. The highest BCUT2D eigenvalue weighted by molar-refractivity contribution is 5.72. The average molecular weight is 215 g/mol. The molecule has 0 rings (SSSR count). The van der Waals surface area contributed by atoms with Gasteiger partial charge in [-0.3, -0.25) is 4.79 Å². The van der Waals surface area contributed by atoms with E-state index in [9.17, 15) is 4.79 Å². The number of carbonyl (C=O) groups is 1. The van der Waals surface area contributed by atoms with Gasteiger partial charge in [-0.1, -0.05) is 26.7 Å². The van der Waals surface area contributed by atoms with E-state index in [-0.39, 0.29) is 5.91 Å². The highest BCUT2D eigenvalue weighted by atomic mass is 16.5. The Labute approximate surface area is 93.6 Å². The predicted molar refractivity (Wildman–Crippen MR) is 62.9 cm³/mol. The van der Waals surface area contributed by atoms with Crippen molar-refractivity contribution in [2.75, 3.05) is 13.2 Å². The van der Waals surface area contributed by atoms with Crippen molar-refractivity contribution in [1.82, 2.24) is 5.32 Å². The van der Waals surface area contributed by atoms with E-state index in [0.29, 0.717) is 6.10 Å². The monoisotopic (exact) mass is 215 g/mol. The topological polar surface area (TPSA) is 38.3 Å². The van der Waals surface area contributed by atoms with Gasteiger partial charge in [0.2, 0.25) is 5.91 Å². The summed E-state index contributed by atoms with van der Waals surface area (Å²) >= 11 is 0. The van der Waals surface area contributed by atoms with E-state index >= 15 is 0 Å². The summed E-state index contributed by atoms with van der Waals surface area (Å²) in [5.41, 5.74) is 0. The number of nitrogens with one attached hydrogen (secondary N) is 1. The lowest BCUT2D eigenvalue weighted by Crippen LogP contribution is -2.23. The van der Waals surface area contributed by atoms with Gasteiger partial charge >= 0.3 is 0 Å². The number of carbonyl (C=O) groups excluding carboxylic acids is 1. The molecule has 0 aliphatic carbocycles. The number of amides is 1. The third-order valence-corrected chi connectivity index (χ3v) is 2.27. The zero-order valence-corrected chi connectivity index (χ0v) is 10.3. The Hall–Kier alpha value is -0.570. The third kappa shape index (κ3) is 9.73. The minimum atomic E-state index is 0.0358. The summed E-state index contributed by atoms with van der Waals surface area (Å²) in [5, 5.41) is 2.76. The molecule has 0 aliphatic heterocycles. The fraction of sp³-hybridized carbons (Fsp3) is 0.917. The maximum atomic E-state index is 10.6. The Balaban J connectivity index is 3.39. The number of hydrogen-bond donors (Lipinski definition) is 1. The van der Waals surface area contributed by atoms with Gasteiger partial charge < -0.3 is 10.1 Å². The number of hydrogen-bond acceptors (Lipinski definition) is 2. The molecule has 0 saturated carbocycles. The summed E-state index contributed by atoms with van der Waals surface area (Å²) < 4.78 is 5.75. The van der Waals surface area contributed by atoms with Crippen LogP contribution >= 0.6 is 0 Å². The van der Waals surface area contributed by atoms with Crippen LogP contribution < -0.4 is 5.32 Å². The van der Waals surface area contributed by atoms with Crippen LogP contribution in [0, 0.1) is 0 Å². The molecule has 1 N–H and O–H groups in total. The van der Waals surface area contributed by atoms with E-state index in [2.05, 4.69) is 19.2 Å². The van der Waals surface area contributed by atoms with Gasteiger partial charge in [0, 0.05) is 20.1 Å². The lowest BCUT2D eigenvalue weighted by Gasteiger charge is -2.16. The second-order valence-corrected chi connectivity index (χ2v) is 3.91. The third-order valence-electron chi connectivity index (χ3n) is 2.27. The van der Waals surface area contributed by atoms with Crippen LogP contribution in [-0.2, 0) is 9.53 Å². The van der Waals surface area contributed by atoms with Crippen molar-refractivity contribution in [3.05, 3.63) is 0 Å². The van der Waals surface area contributed by atoms with Crippen molar-refractivity contribution in [1.29, 1.82) is 0 Å². The van der Waals surface area contributed by atoms with Gasteiger partial charge in [-0.15, -0.1) is 0 Å². The first-order valence-electron chi connectivity index (χ1n) is 6.06. The molecule has 0 aromatic carbocycles. The maximum absolute atomic E-state index is 10.6. The minimum Gasteiger partial charge on any atom is -0.378 e. The van der Waals surface area contributed by atoms with Crippen LogP contribution in [0.2, 0.25) is 0 Å². The average Bonchev–Trinajstić information content (AvgIpc) is 2.17. The second kappa shape index (κ2) is 9.97. The van der Waals surface area contributed by atoms with Crippen molar-refractivity contribution in [2.45, 2.75) is 59.0 Å². The normalized spacial score (nSPS) is 10.7. The van der Waals surface area contributed by atoms with Crippen molar-refractivity contribution >= 4 is 5.91 Å². The molecular formula is C12H25NO2. The SMILES string of the molecule is CCCC(CCC)OCCCNC(C)=O. The van der Waals surface area contributed by atoms with E-state index in [1.807, 2.05) is 0 Å². The van der Waals surface area contributed by atoms with E-state index in [1.165, 1.54) is 19.8 Å². The Morgan fingerprint density at radius 2 is 1.87 bits per heavy atom. The zero-order valence-electron chi connectivity index (χ0n) is 10.3. The molecule has 3 heteroatoms. The van der Waals surface area contributed by atoms with Gasteiger partial charge in [0.15, 0.2) is 0 Å². The second-order valence-electron chi connectivity index (χ2n) is 3.91. The molecule has 15 heavy (non-hydrogen) atoms. The maximum Gasteiger partial charge on any atom is 0.216 e. The molecule has 1 amide bonds. The molecule has 0 spiro atoms. The van der Waals surface area contributed by atoms with Gasteiger partial charge in [0.1, 0.15) is 0 Å². The van der Waals surface area contributed by atoms with Crippen LogP contribution in [0.3, 0.4) is 0 Å². The first-order chi connectivity index (χ1) is 7.20. The van der Waals surface area contributed by atoms with Crippen molar-refractivity contribution in [3.63, 3.8) is 0 Å². The van der Waals surface area contributed by atoms with Crippen LogP contribution in [0.4, 0.5) is 0 Å². The van der Waals surface area contributed by atoms with E-state index in [0.717, 1.165) is 32.4 Å². The van der Waals surface area contributed by atoms with Crippen LogP contribution in [-0.4, -0.2) is 25.2 Å². The zero-order chi connectivity index (χ0) is 11.5. The van der Waals surface area contributed by atoms with Crippen LogP contribution in [0.1, 0.15) is 52.9 Å². The molecule has 0 atom stereocenters. The molecule has 0 aromatic rings. The van der Waals surface area contributed by atoms with Crippen LogP contribution in [0.5, 0.6) is 0 Å². The van der Waals surface area contributed by atoms with Gasteiger partial charge in [-0.2, -0.15) is 0 Å². The highest BCUT2D eigenvalue weighted by Gasteiger charge is 2.05. The Morgan fingerprint density at radius 1 is 1.27 bits per heavy atom. The quantitative estimate of drug-likeness (QED) is 0.600. The van der Waals surface area contributed by atoms with Gasteiger partial charge in [-0.25, -0.2) is 0 Å². The van der Waals surface area contributed by atoms with Crippen LogP contribution in [0.25, 0.3) is 0 Å². The van der Waals surface area contributed by atoms with Gasteiger partial charge in [0.05, 0.1) is 6.10 Å². The summed E-state index contributed by atoms with van der Waals surface area (Å²) in [5.74, 6) is 0.0358. The van der Waals surface area contributed by atoms with Gasteiger partial charge in [-0.05, 0) is 19.3 Å². The first kappa shape index (κ1) is 14.4. The molecule has 0 unspecified atom stereocenters. The Kier molecular flexibility index (Phi) is 9.59. The predicted octanol–water partition coefficient (Wildman–Crippen LogP) is 2.50. The molecule has 0 radical (unpaired) electrons. The molecule has 0 saturated heterocycles. The lowest BCUT2D eigenvalue weighted by molar-refractivity contribution is -0.119. The Morgan fingerprint density at radius 3 is 2.33 bits per heavy atom. The largest absolute Gasteiger partial charge is 0.378 e. The molecule has 0 aliphatic rings. The lowest BCUT2D eigenvalue weighted by atomic mass is 10.1. The first-order valence-corrected chi connectivity index (χ1v) is 6.06. The molecule has 0 bridgehead atoms. The highest BCUT2D eigenvalue weighted by Crippen LogP contribution is 2.09. The molecule has 90 valence electrons.